The average Bonchev–Trinajstić information content (AvgIpc) is 3.06. The van der Waals surface area contributed by atoms with Crippen LogP contribution in [0.25, 0.3) is 0 Å². The van der Waals surface area contributed by atoms with E-state index in [4.69, 9.17) is 10.5 Å². The van der Waals surface area contributed by atoms with E-state index in [0.717, 1.165) is 30.6 Å². The molecule has 1 aliphatic heterocycles. The Labute approximate surface area is 155 Å². The van der Waals surface area contributed by atoms with Gasteiger partial charge in [-0.25, -0.2) is 0 Å². The predicted molar refractivity (Wildman–Crippen MR) is 100 cm³/mol. The summed E-state index contributed by atoms with van der Waals surface area (Å²) in [6.07, 6.45) is 3.76. The fraction of sp³-hybridized carbons (Fsp3) is 0.600. The van der Waals surface area contributed by atoms with E-state index in [9.17, 15) is 9.59 Å². The van der Waals surface area contributed by atoms with Crippen LogP contribution in [-0.4, -0.2) is 60.9 Å². The van der Waals surface area contributed by atoms with E-state index in [0.29, 0.717) is 44.1 Å². The summed E-state index contributed by atoms with van der Waals surface area (Å²) in [5.74, 6) is 1.21. The summed E-state index contributed by atoms with van der Waals surface area (Å²) in [4.78, 5) is 28.9. The first-order valence-electron chi connectivity index (χ1n) is 9.47. The molecule has 0 bridgehead atoms. The zero-order valence-electron chi connectivity index (χ0n) is 15.7. The Bertz CT molecular complexity index is 668. The minimum Gasteiger partial charge on any atom is -0.496 e. The van der Waals surface area contributed by atoms with Crippen molar-refractivity contribution in [3.05, 3.63) is 29.3 Å². The molecule has 1 aromatic carbocycles. The van der Waals surface area contributed by atoms with Crippen molar-refractivity contribution in [2.75, 3.05) is 33.3 Å². The summed E-state index contributed by atoms with van der Waals surface area (Å²) < 4.78 is 5.31. The second-order valence-electron chi connectivity index (χ2n) is 7.42. The molecular formula is C20H29N3O3. The highest BCUT2D eigenvalue weighted by Crippen LogP contribution is 2.27. The monoisotopic (exact) mass is 359 g/mol. The molecule has 2 amide bonds. The van der Waals surface area contributed by atoms with Crippen molar-refractivity contribution in [1.82, 2.24) is 9.80 Å². The smallest absolute Gasteiger partial charge is 0.254 e. The molecule has 1 saturated carbocycles. The number of hydrogen-bond acceptors (Lipinski definition) is 4. The molecule has 26 heavy (non-hydrogen) atoms. The zero-order chi connectivity index (χ0) is 18.7. The molecule has 2 atom stereocenters. The van der Waals surface area contributed by atoms with Crippen molar-refractivity contribution >= 4 is 11.8 Å². The van der Waals surface area contributed by atoms with E-state index in [-0.39, 0.29) is 17.9 Å². The van der Waals surface area contributed by atoms with Gasteiger partial charge in [0.2, 0.25) is 5.91 Å². The van der Waals surface area contributed by atoms with Gasteiger partial charge in [0, 0.05) is 44.2 Å². The third-order valence-corrected chi connectivity index (χ3v) is 5.73. The predicted octanol–water partition coefficient (Wildman–Crippen LogP) is 1.81. The number of piperazine rings is 1. The van der Waals surface area contributed by atoms with E-state index in [1.54, 1.807) is 13.2 Å². The molecule has 3 rings (SSSR count). The number of methoxy groups -OCH3 is 1. The van der Waals surface area contributed by atoms with Crippen LogP contribution in [0, 0.1) is 12.8 Å². The molecule has 1 aromatic rings. The van der Waals surface area contributed by atoms with Gasteiger partial charge in [0.05, 0.1) is 7.11 Å². The molecule has 0 radical (unpaired) electrons. The topological polar surface area (TPSA) is 75.9 Å². The number of benzene rings is 1. The van der Waals surface area contributed by atoms with Gasteiger partial charge in [-0.05, 0) is 43.4 Å². The highest BCUT2D eigenvalue weighted by molar-refractivity contribution is 5.95. The molecule has 2 fully saturated rings. The van der Waals surface area contributed by atoms with Crippen LogP contribution < -0.4 is 10.5 Å². The van der Waals surface area contributed by atoms with E-state index in [1.807, 2.05) is 28.9 Å². The lowest BCUT2D eigenvalue weighted by Crippen LogP contribution is -2.51. The van der Waals surface area contributed by atoms with E-state index < -0.39 is 0 Å². The lowest BCUT2D eigenvalue weighted by molar-refractivity contribution is -0.133. The molecule has 1 aliphatic carbocycles. The third kappa shape index (κ3) is 4.01. The van der Waals surface area contributed by atoms with Crippen LogP contribution in [0.4, 0.5) is 0 Å². The van der Waals surface area contributed by atoms with Crippen LogP contribution in [0.3, 0.4) is 0 Å². The molecule has 2 N–H and O–H groups in total. The van der Waals surface area contributed by atoms with Crippen molar-refractivity contribution in [2.45, 2.75) is 38.6 Å². The van der Waals surface area contributed by atoms with Crippen LogP contribution >= 0.6 is 0 Å². The van der Waals surface area contributed by atoms with E-state index in [1.165, 1.54) is 0 Å². The minimum absolute atomic E-state index is 0.00628. The summed E-state index contributed by atoms with van der Waals surface area (Å²) in [5.41, 5.74) is 7.72. The second-order valence-corrected chi connectivity index (χ2v) is 7.42. The number of ether oxygens (including phenoxy) is 1. The van der Waals surface area contributed by atoms with Gasteiger partial charge >= 0.3 is 0 Å². The van der Waals surface area contributed by atoms with E-state index in [2.05, 4.69) is 0 Å². The first-order valence-corrected chi connectivity index (χ1v) is 9.47. The van der Waals surface area contributed by atoms with Crippen LogP contribution in [0.15, 0.2) is 18.2 Å². The molecule has 1 saturated heterocycles. The lowest BCUT2D eigenvalue weighted by Gasteiger charge is -2.35. The Balaban J connectivity index is 1.54. The normalized spacial score (nSPS) is 23.2. The van der Waals surface area contributed by atoms with Crippen molar-refractivity contribution in [3.63, 3.8) is 0 Å². The van der Waals surface area contributed by atoms with Gasteiger partial charge in [-0.3, -0.25) is 9.59 Å². The molecule has 142 valence electrons. The standard InChI is InChI=1S/C20H29N3O3/c1-14-6-7-16(12-18(14)26-2)20(25)23-10-8-22(9-11-23)19(24)13-15-4-3-5-17(15)21/h6-7,12,15,17H,3-5,8-11,13,21H2,1-2H3/t15-,17+/m0/s1. The van der Waals surface area contributed by atoms with Gasteiger partial charge in [0.1, 0.15) is 5.75 Å². The van der Waals surface area contributed by atoms with Gasteiger partial charge in [0.25, 0.3) is 5.91 Å². The first-order chi connectivity index (χ1) is 12.5. The molecule has 2 aliphatic rings. The number of rotatable bonds is 4. The summed E-state index contributed by atoms with van der Waals surface area (Å²) in [5, 5.41) is 0. The Hall–Kier alpha value is -2.08. The molecule has 0 spiro atoms. The summed E-state index contributed by atoms with van der Waals surface area (Å²) >= 11 is 0. The number of nitrogens with zero attached hydrogens (tertiary/aromatic N) is 2. The van der Waals surface area contributed by atoms with Crippen molar-refractivity contribution in [3.8, 4) is 5.75 Å². The average molecular weight is 359 g/mol. The second kappa shape index (κ2) is 8.08. The number of aryl methyl sites for hydroxylation is 1. The highest BCUT2D eigenvalue weighted by Gasteiger charge is 2.30. The molecule has 6 heteroatoms. The van der Waals surface area contributed by atoms with Crippen LogP contribution in [0.2, 0.25) is 0 Å². The number of carbonyl (C=O) groups is 2. The zero-order valence-corrected chi connectivity index (χ0v) is 15.7. The molecule has 0 aromatic heterocycles. The summed E-state index contributed by atoms with van der Waals surface area (Å²) in [6, 6.07) is 5.69. The van der Waals surface area contributed by atoms with Crippen molar-refractivity contribution in [2.24, 2.45) is 11.7 Å². The van der Waals surface area contributed by atoms with Crippen molar-refractivity contribution in [1.29, 1.82) is 0 Å². The lowest BCUT2D eigenvalue weighted by atomic mass is 9.99. The highest BCUT2D eigenvalue weighted by atomic mass is 16.5. The Morgan fingerprint density at radius 1 is 1.15 bits per heavy atom. The number of amides is 2. The minimum atomic E-state index is -0.00628. The Morgan fingerprint density at radius 2 is 1.85 bits per heavy atom. The molecule has 6 nitrogen and oxygen atoms in total. The van der Waals surface area contributed by atoms with Crippen LogP contribution in [0.5, 0.6) is 5.75 Å². The maximum absolute atomic E-state index is 12.7. The van der Waals surface area contributed by atoms with Gasteiger partial charge in [0.15, 0.2) is 0 Å². The van der Waals surface area contributed by atoms with Gasteiger partial charge in [-0.1, -0.05) is 12.5 Å². The summed E-state index contributed by atoms with van der Waals surface area (Å²) in [7, 11) is 1.61. The molecule has 1 heterocycles. The van der Waals surface area contributed by atoms with Gasteiger partial charge in [-0.15, -0.1) is 0 Å². The molecule has 0 unspecified atom stereocenters. The van der Waals surface area contributed by atoms with Crippen molar-refractivity contribution < 1.29 is 14.3 Å². The Morgan fingerprint density at radius 3 is 2.46 bits per heavy atom. The van der Waals surface area contributed by atoms with Crippen LogP contribution in [-0.2, 0) is 4.79 Å². The number of carbonyl (C=O) groups excluding carboxylic acids is 2. The Kier molecular flexibility index (Phi) is 5.81. The third-order valence-electron chi connectivity index (χ3n) is 5.73. The quantitative estimate of drug-likeness (QED) is 0.889. The SMILES string of the molecule is COc1cc(C(=O)N2CCN(C(=O)C[C@@H]3CCC[C@H]3N)CC2)ccc1C. The summed E-state index contributed by atoms with van der Waals surface area (Å²) in [6.45, 7) is 4.27. The maximum Gasteiger partial charge on any atom is 0.254 e. The fourth-order valence-electron chi connectivity index (χ4n) is 3.97. The molecular weight excluding hydrogens is 330 g/mol. The van der Waals surface area contributed by atoms with Gasteiger partial charge in [-0.2, -0.15) is 0 Å². The number of nitrogens with two attached hydrogens (primary N) is 1. The first kappa shape index (κ1) is 18.7. The van der Waals surface area contributed by atoms with E-state index >= 15 is 0 Å². The maximum atomic E-state index is 12.7. The largest absolute Gasteiger partial charge is 0.496 e. The fourth-order valence-corrected chi connectivity index (χ4v) is 3.97. The van der Waals surface area contributed by atoms with Gasteiger partial charge < -0.3 is 20.3 Å². The number of hydrogen-bond donors (Lipinski definition) is 1. The van der Waals surface area contributed by atoms with Crippen LogP contribution in [0.1, 0.15) is 41.6 Å².